The number of nitrogens with zero attached hydrogens (tertiary/aromatic N) is 2. The number of amides is 1. The Morgan fingerprint density at radius 3 is 2.80 bits per heavy atom. The lowest BCUT2D eigenvalue weighted by molar-refractivity contribution is -0.143. The third kappa shape index (κ3) is 5.05. The molecular formula is C13H23N3O3S. The molecule has 1 unspecified atom stereocenters. The predicted molar refractivity (Wildman–Crippen MR) is 80.3 cm³/mol. The van der Waals surface area contributed by atoms with Gasteiger partial charge in [-0.2, -0.15) is 0 Å². The fourth-order valence-corrected chi connectivity index (χ4v) is 2.35. The van der Waals surface area contributed by atoms with Crippen LogP contribution < -0.4 is 5.32 Å². The molecule has 1 fully saturated rings. The van der Waals surface area contributed by atoms with E-state index in [1.165, 1.54) is 0 Å². The topological polar surface area (TPSA) is 61.9 Å². The minimum Gasteiger partial charge on any atom is -0.466 e. The molecule has 1 N–H and O–H groups in total. The van der Waals surface area contributed by atoms with Crippen molar-refractivity contribution < 1.29 is 14.3 Å². The normalized spacial score (nSPS) is 18.6. The molecule has 0 radical (unpaired) electrons. The van der Waals surface area contributed by atoms with Gasteiger partial charge >= 0.3 is 5.97 Å². The first-order valence-corrected chi connectivity index (χ1v) is 7.28. The first-order valence-electron chi connectivity index (χ1n) is 6.88. The molecule has 1 saturated heterocycles. The molecule has 0 aromatic carbocycles. The molecule has 1 aliphatic heterocycles. The van der Waals surface area contributed by atoms with Gasteiger partial charge in [0.15, 0.2) is 5.11 Å². The van der Waals surface area contributed by atoms with E-state index in [9.17, 15) is 9.59 Å². The minimum atomic E-state index is -0.397. The number of ether oxygens (including phenoxy) is 1. The summed E-state index contributed by atoms with van der Waals surface area (Å²) in [5.41, 5.74) is 0. The highest BCUT2D eigenvalue weighted by Crippen LogP contribution is 2.12. The van der Waals surface area contributed by atoms with Crippen molar-refractivity contribution in [1.82, 2.24) is 15.1 Å². The summed E-state index contributed by atoms with van der Waals surface area (Å²) >= 11 is 5.17. The number of hydrogen-bond acceptors (Lipinski definition) is 5. The van der Waals surface area contributed by atoms with Crippen molar-refractivity contribution in [2.45, 2.75) is 32.2 Å². The molecule has 1 aliphatic rings. The van der Waals surface area contributed by atoms with Gasteiger partial charge in [-0.05, 0) is 52.6 Å². The van der Waals surface area contributed by atoms with E-state index in [1.807, 2.05) is 14.1 Å². The van der Waals surface area contributed by atoms with Crippen molar-refractivity contribution in [2.24, 2.45) is 0 Å². The van der Waals surface area contributed by atoms with E-state index in [2.05, 4.69) is 10.2 Å². The Labute approximate surface area is 125 Å². The van der Waals surface area contributed by atoms with Gasteiger partial charge < -0.3 is 15.0 Å². The van der Waals surface area contributed by atoms with E-state index in [4.69, 9.17) is 17.0 Å². The monoisotopic (exact) mass is 301 g/mol. The summed E-state index contributed by atoms with van der Waals surface area (Å²) in [6.45, 7) is 3.64. The number of rotatable bonds is 8. The zero-order valence-corrected chi connectivity index (χ0v) is 13.2. The molecule has 0 spiro atoms. The van der Waals surface area contributed by atoms with Crippen molar-refractivity contribution >= 4 is 29.2 Å². The van der Waals surface area contributed by atoms with Crippen LogP contribution in [0.5, 0.6) is 0 Å². The van der Waals surface area contributed by atoms with Crippen LogP contribution in [0.2, 0.25) is 0 Å². The fraction of sp³-hybridized carbons (Fsp3) is 0.769. The van der Waals surface area contributed by atoms with Crippen molar-refractivity contribution in [3.8, 4) is 0 Å². The van der Waals surface area contributed by atoms with E-state index in [0.717, 1.165) is 13.0 Å². The Kier molecular flexibility index (Phi) is 6.87. The summed E-state index contributed by atoms with van der Waals surface area (Å²) in [6, 6.07) is -0.397. The van der Waals surface area contributed by atoms with E-state index < -0.39 is 6.04 Å². The standard InChI is InChI=1S/C13H23N3O3S/c1-4-19-11(17)7-6-10-12(18)16(13(20)14-10)9-5-8-15(2)3/h10H,4-9H2,1-3H3,(H,14,20). The van der Waals surface area contributed by atoms with Gasteiger partial charge in [-0.3, -0.25) is 14.5 Å². The molecule has 0 saturated carbocycles. The molecule has 114 valence electrons. The van der Waals surface area contributed by atoms with Crippen LogP contribution in [-0.4, -0.2) is 66.6 Å². The lowest BCUT2D eigenvalue weighted by Gasteiger charge is -2.16. The number of thiocarbonyl (C=S) groups is 1. The molecule has 0 aromatic heterocycles. The number of carbonyl (C=O) groups is 2. The van der Waals surface area contributed by atoms with Crippen molar-refractivity contribution in [1.29, 1.82) is 0 Å². The third-order valence-corrected chi connectivity index (χ3v) is 3.37. The first-order chi connectivity index (χ1) is 9.45. The van der Waals surface area contributed by atoms with Crippen LogP contribution >= 0.6 is 12.2 Å². The number of esters is 1. The predicted octanol–water partition coefficient (Wildman–Crippen LogP) is 0.367. The summed E-state index contributed by atoms with van der Waals surface area (Å²) in [6.07, 6.45) is 1.51. The van der Waals surface area contributed by atoms with Gasteiger partial charge in [0.2, 0.25) is 0 Å². The van der Waals surface area contributed by atoms with Crippen LogP contribution in [0.1, 0.15) is 26.2 Å². The largest absolute Gasteiger partial charge is 0.466 e. The average molecular weight is 301 g/mol. The lowest BCUT2D eigenvalue weighted by Crippen LogP contribution is -2.33. The van der Waals surface area contributed by atoms with Crippen molar-refractivity contribution in [3.63, 3.8) is 0 Å². The first kappa shape index (κ1) is 16.8. The summed E-state index contributed by atoms with van der Waals surface area (Å²) in [4.78, 5) is 27.1. The smallest absolute Gasteiger partial charge is 0.305 e. The zero-order chi connectivity index (χ0) is 15.1. The van der Waals surface area contributed by atoms with E-state index in [0.29, 0.717) is 24.7 Å². The van der Waals surface area contributed by atoms with Crippen LogP contribution in [-0.2, 0) is 14.3 Å². The third-order valence-electron chi connectivity index (χ3n) is 3.04. The molecule has 1 atom stereocenters. The summed E-state index contributed by atoms with van der Waals surface area (Å²) < 4.78 is 4.85. The second kappa shape index (κ2) is 8.16. The zero-order valence-electron chi connectivity index (χ0n) is 12.3. The quantitative estimate of drug-likeness (QED) is 0.516. The summed E-state index contributed by atoms with van der Waals surface area (Å²) in [5.74, 6) is -0.322. The van der Waals surface area contributed by atoms with Crippen LogP contribution in [0.25, 0.3) is 0 Å². The minimum absolute atomic E-state index is 0.0435. The highest BCUT2D eigenvalue weighted by atomic mass is 32.1. The highest BCUT2D eigenvalue weighted by molar-refractivity contribution is 7.80. The van der Waals surface area contributed by atoms with E-state index >= 15 is 0 Å². The fourth-order valence-electron chi connectivity index (χ4n) is 2.02. The lowest BCUT2D eigenvalue weighted by atomic mass is 10.1. The molecule has 1 heterocycles. The number of nitrogens with one attached hydrogen (secondary N) is 1. The Balaban J connectivity index is 2.39. The van der Waals surface area contributed by atoms with Gasteiger partial charge in [0, 0.05) is 13.0 Å². The highest BCUT2D eigenvalue weighted by Gasteiger charge is 2.34. The molecule has 1 amide bonds. The molecule has 7 heteroatoms. The number of hydrogen-bond donors (Lipinski definition) is 1. The Hall–Kier alpha value is -1.21. The average Bonchev–Trinajstić information content (AvgIpc) is 2.63. The molecule has 0 aromatic rings. The molecule has 20 heavy (non-hydrogen) atoms. The maximum atomic E-state index is 12.2. The maximum Gasteiger partial charge on any atom is 0.305 e. The van der Waals surface area contributed by atoms with Crippen LogP contribution in [0.15, 0.2) is 0 Å². The Bertz CT molecular complexity index is 374. The SMILES string of the molecule is CCOC(=O)CCC1NC(=S)N(CCCN(C)C)C1=O. The molecule has 0 aliphatic carbocycles. The van der Waals surface area contributed by atoms with Crippen molar-refractivity contribution in [3.05, 3.63) is 0 Å². The maximum absolute atomic E-state index is 12.2. The van der Waals surface area contributed by atoms with Gasteiger partial charge in [0.1, 0.15) is 6.04 Å². The second-order valence-corrected chi connectivity index (χ2v) is 5.38. The van der Waals surface area contributed by atoms with Crippen LogP contribution in [0.4, 0.5) is 0 Å². The van der Waals surface area contributed by atoms with E-state index in [1.54, 1.807) is 11.8 Å². The van der Waals surface area contributed by atoms with Crippen LogP contribution in [0, 0.1) is 0 Å². The second-order valence-electron chi connectivity index (χ2n) is 4.99. The molecule has 0 bridgehead atoms. The summed E-state index contributed by atoms with van der Waals surface area (Å²) in [7, 11) is 3.98. The van der Waals surface area contributed by atoms with Gasteiger partial charge in [0.05, 0.1) is 6.61 Å². The Morgan fingerprint density at radius 1 is 1.50 bits per heavy atom. The number of carbonyl (C=O) groups excluding carboxylic acids is 2. The van der Waals surface area contributed by atoms with Gasteiger partial charge in [-0.25, -0.2) is 0 Å². The molecular weight excluding hydrogens is 278 g/mol. The van der Waals surface area contributed by atoms with Crippen LogP contribution in [0.3, 0.4) is 0 Å². The molecule has 1 rings (SSSR count). The molecule has 6 nitrogen and oxygen atoms in total. The van der Waals surface area contributed by atoms with Gasteiger partial charge in [-0.15, -0.1) is 0 Å². The van der Waals surface area contributed by atoms with Crippen molar-refractivity contribution in [2.75, 3.05) is 33.8 Å². The Morgan fingerprint density at radius 2 is 2.20 bits per heavy atom. The summed E-state index contributed by atoms with van der Waals surface area (Å²) in [5, 5.41) is 3.44. The van der Waals surface area contributed by atoms with Gasteiger partial charge in [0.25, 0.3) is 5.91 Å². The van der Waals surface area contributed by atoms with Gasteiger partial charge in [-0.1, -0.05) is 0 Å². The van der Waals surface area contributed by atoms with E-state index in [-0.39, 0.29) is 18.3 Å².